The van der Waals surface area contributed by atoms with Crippen LogP contribution in [0.15, 0.2) is 142 Å². The van der Waals surface area contributed by atoms with Gasteiger partial charge in [0.15, 0.2) is 64.0 Å². The fourth-order valence-corrected chi connectivity index (χ4v) is 19.2. The van der Waals surface area contributed by atoms with E-state index in [2.05, 4.69) is 10.6 Å². The second kappa shape index (κ2) is 25.8. The summed E-state index contributed by atoms with van der Waals surface area (Å²) < 4.78 is 113. The van der Waals surface area contributed by atoms with Crippen LogP contribution in [0.2, 0.25) is 0 Å². The molecule has 0 radical (unpaired) electrons. The first-order chi connectivity index (χ1) is 40.2. The van der Waals surface area contributed by atoms with Crippen molar-refractivity contribution in [3.8, 4) is 34.5 Å². The first kappa shape index (κ1) is 62.3. The highest BCUT2D eigenvalue weighted by molar-refractivity contribution is 7.92. The Labute approximate surface area is 496 Å². The Morgan fingerprint density at radius 1 is 0.500 bits per heavy atom. The number of hydroxylamine groups is 2. The van der Waals surface area contributed by atoms with Gasteiger partial charge in [-0.2, -0.15) is 5.06 Å². The predicted molar refractivity (Wildman–Crippen MR) is 324 cm³/mol. The van der Waals surface area contributed by atoms with Crippen LogP contribution < -0.4 is 29.6 Å². The van der Waals surface area contributed by atoms with E-state index in [1.807, 2.05) is 126 Å². The number of sulfone groups is 3. The van der Waals surface area contributed by atoms with Crippen molar-refractivity contribution < 1.29 is 59.6 Å². The van der Waals surface area contributed by atoms with Crippen LogP contribution in [0.25, 0.3) is 0 Å². The Kier molecular flexibility index (Phi) is 19.1. The number of hydrogen-bond acceptors (Lipinski definition) is 16. The van der Waals surface area contributed by atoms with Crippen LogP contribution >= 0.6 is 0 Å². The fourth-order valence-electron chi connectivity index (χ4n) is 12.7. The van der Waals surface area contributed by atoms with Crippen molar-refractivity contribution >= 4 is 29.5 Å². The molecule has 84 heavy (non-hydrogen) atoms. The highest BCUT2D eigenvalue weighted by Crippen LogP contribution is 2.49. The molecule has 3 aliphatic rings. The lowest BCUT2D eigenvalue weighted by molar-refractivity contribution is -0.193. The summed E-state index contributed by atoms with van der Waals surface area (Å²) in [4.78, 5) is 0.170. The van der Waals surface area contributed by atoms with Gasteiger partial charge in [0.25, 0.3) is 0 Å². The summed E-state index contributed by atoms with van der Waals surface area (Å²) in [5.74, 6) is -0.498. The molecular weight excluding hydrogens is 1130 g/mol. The molecule has 0 saturated heterocycles. The van der Waals surface area contributed by atoms with Crippen molar-refractivity contribution in [1.82, 2.24) is 15.7 Å². The summed E-state index contributed by atoms with van der Waals surface area (Å²) in [6.07, 6.45) is 5.64. The Bertz CT molecular complexity index is 3610. The summed E-state index contributed by atoms with van der Waals surface area (Å²) in [6.45, 7) is 10.3. The molecule has 0 amide bonds. The highest BCUT2D eigenvalue weighted by Gasteiger charge is 2.49. The molecule has 0 saturated carbocycles. The first-order valence-corrected chi connectivity index (χ1v) is 34.4. The lowest BCUT2D eigenvalue weighted by atomic mass is 9.87. The van der Waals surface area contributed by atoms with Gasteiger partial charge in [-0.25, -0.2) is 25.3 Å². The number of nitrogens with zero attached hydrogens (tertiary/aromatic N) is 1. The summed E-state index contributed by atoms with van der Waals surface area (Å²) >= 11 is 0. The van der Waals surface area contributed by atoms with Gasteiger partial charge in [0, 0.05) is 29.3 Å². The van der Waals surface area contributed by atoms with Gasteiger partial charge in [0.2, 0.25) is 0 Å². The van der Waals surface area contributed by atoms with E-state index in [1.165, 1.54) is 18.2 Å². The quantitative estimate of drug-likeness (QED) is 0.0297. The number of methoxy groups -OCH3 is 1. The maximum absolute atomic E-state index is 15.0. The number of nitrogens with one attached hydrogen (secondary N) is 2. The van der Waals surface area contributed by atoms with Gasteiger partial charge >= 0.3 is 0 Å². The van der Waals surface area contributed by atoms with Crippen LogP contribution in [0.1, 0.15) is 157 Å². The largest absolute Gasteiger partial charge is 0.504 e. The molecule has 0 bridgehead atoms. The number of fused-ring (bicyclic) bond motifs is 3. The molecule has 9 rings (SSSR count). The first-order valence-electron chi connectivity index (χ1n) is 29.4. The predicted octanol–water partition coefficient (Wildman–Crippen LogP) is 11.8. The van der Waals surface area contributed by atoms with E-state index >= 15 is 0 Å². The summed E-state index contributed by atoms with van der Waals surface area (Å²) in [5, 5.41) is 42.2. The van der Waals surface area contributed by atoms with Crippen LogP contribution in [-0.4, -0.2) is 107 Å². The van der Waals surface area contributed by atoms with Gasteiger partial charge < -0.3 is 34.4 Å². The zero-order valence-corrected chi connectivity index (χ0v) is 51.4. The van der Waals surface area contributed by atoms with Crippen molar-refractivity contribution in [3.05, 3.63) is 161 Å². The third-order valence-electron chi connectivity index (χ3n) is 17.5. The standard InChI is InChI=1S/C65H81N3O13S3/c1-7-12-33-65(10-4)44-84(76,77)59-41-56(79-11-5)55(38-50(59)62(68(65)71)47-29-20-15-21-30-47)80-34-23-22-31-63(8-2)42-83(74,75)58-40-53(78-6)54(37-49(58)61(67-63)46-27-18-14-19-28-46)81-35-24-32-64(9-3)43-82(72,73)57-39-52(70)51(69)36-48(57)60(66-64)45-25-16-13-17-26-45/h13-21,25-30,36-41,60-62,66-67,69-71H,7-12,22-24,31-35,42-44H2,1-6H3/t60?,61?,62-,63?,64?,65-/m1/s1. The maximum atomic E-state index is 15.0. The number of benzene rings is 6. The van der Waals surface area contributed by atoms with Gasteiger partial charge in [-0.1, -0.05) is 132 Å². The van der Waals surface area contributed by atoms with E-state index in [1.54, 1.807) is 24.3 Å². The Balaban J connectivity index is 0.951. The minimum atomic E-state index is -3.99. The summed E-state index contributed by atoms with van der Waals surface area (Å²) in [6, 6.07) is 35.4. The molecule has 0 fully saturated rings. The Morgan fingerprint density at radius 3 is 1.49 bits per heavy atom. The summed E-state index contributed by atoms with van der Waals surface area (Å²) in [7, 11) is -10.5. The highest BCUT2D eigenvalue weighted by atomic mass is 32.2. The zero-order chi connectivity index (χ0) is 60.1. The fraction of sp³-hybridized carbons (Fsp3) is 0.446. The molecule has 6 atom stereocenters. The molecule has 0 spiro atoms. The van der Waals surface area contributed by atoms with Crippen molar-refractivity contribution in [2.45, 2.75) is 155 Å². The van der Waals surface area contributed by atoms with Crippen molar-refractivity contribution in [2.75, 3.05) is 44.2 Å². The number of hydrogen-bond donors (Lipinski definition) is 5. The van der Waals surface area contributed by atoms with E-state index in [-0.39, 0.29) is 63.3 Å². The van der Waals surface area contributed by atoms with Gasteiger partial charge in [-0.15, -0.1) is 0 Å². The average Bonchev–Trinajstić information content (AvgIpc) is 2.35. The number of aromatic hydroxyl groups is 2. The Morgan fingerprint density at radius 2 is 0.952 bits per heavy atom. The molecule has 19 heteroatoms. The van der Waals surface area contributed by atoms with Gasteiger partial charge in [0.05, 0.1) is 82.5 Å². The molecule has 16 nitrogen and oxygen atoms in total. The van der Waals surface area contributed by atoms with E-state index < -0.39 is 75.8 Å². The summed E-state index contributed by atoms with van der Waals surface area (Å²) in [5.41, 5.74) is 0.687. The lowest BCUT2D eigenvalue weighted by Gasteiger charge is -2.42. The smallest absolute Gasteiger partial charge is 0.180 e. The number of ether oxygens (including phenoxy) is 4. The zero-order valence-electron chi connectivity index (χ0n) is 49.0. The monoisotopic (exact) mass is 1210 g/mol. The SMILES string of the molecule is CCCC[C@]1(CC)CS(=O)(=O)c2cc(OCC)c(OCCCCC3(CC)CS(=O)(=O)c4cc(OC)c(OCCCC5(CC)CS(=O)(=O)c6cc(O)c(O)cc6C(c6ccccc6)N5)cc4C(c4ccccc4)N3)cc2[C@@H](c2ccccc2)N1O. The van der Waals surface area contributed by atoms with Crippen LogP contribution in [0.3, 0.4) is 0 Å². The van der Waals surface area contributed by atoms with E-state index in [0.29, 0.717) is 86.0 Å². The van der Waals surface area contributed by atoms with Crippen LogP contribution in [0.5, 0.6) is 34.5 Å². The molecule has 3 heterocycles. The molecule has 6 aromatic carbocycles. The molecule has 452 valence electrons. The van der Waals surface area contributed by atoms with Gasteiger partial charge in [-0.3, -0.25) is 10.6 Å². The van der Waals surface area contributed by atoms with E-state index in [9.17, 15) is 40.7 Å². The lowest BCUT2D eigenvalue weighted by Crippen LogP contribution is -2.51. The molecule has 0 aromatic heterocycles. The topological polar surface area (TPSA) is 227 Å². The molecule has 4 unspecified atom stereocenters. The van der Waals surface area contributed by atoms with Crippen molar-refractivity contribution in [1.29, 1.82) is 0 Å². The normalized spacial score (nSPS) is 24.2. The molecule has 0 aliphatic carbocycles. The third kappa shape index (κ3) is 12.8. The minimum Gasteiger partial charge on any atom is -0.504 e. The Hall–Kier alpha value is -6.19. The third-order valence-corrected chi connectivity index (χ3v) is 23.3. The van der Waals surface area contributed by atoms with Crippen LogP contribution in [0, 0.1) is 0 Å². The second-order valence-corrected chi connectivity index (χ2v) is 28.7. The average molecular weight is 1210 g/mol. The number of unbranched alkanes of at least 4 members (excludes halogenated alkanes) is 2. The van der Waals surface area contributed by atoms with Gasteiger partial charge in [-0.05, 0) is 116 Å². The van der Waals surface area contributed by atoms with Crippen LogP contribution in [-0.2, 0) is 29.5 Å². The number of phenols is 2. The molecular formula is C65H81N3O13S3. The molecule has 3 aliphatic heterocycles. The number of rotatable bonds is 23. The van der Waals surface area contributed by atoms with E-state index in [4.69, 9.17) is 18.9 Å². The minimum absolute atomic E-state index is 0.0482. The van der Waals surface area contributed by atoms with E-state index in [0.717, 1.165) is 35.6 Å². The van der Waals surface area contributed by atoms with Crippen molar-refractivity contribution in [2.24, 2.45) is 0 Å². The molecule has 5 N–H and O–H groups in total. The maximum Gasteiger partial charge on any atom is 0.180 e. The van der Waals surface area contributed by atoms with Crippen molar-refractivity contribution in [3.63, 3.8) is 0 Å². The molecule has 6 aromatic rings. The second-order valence-electron chi connectivity index (χ2n) is 22.8. The number of phenolic OH excluding ortho intramolecular Hbond substituents is 2. The van der Waals surface area contributed by atoms with Gasteiger partial charge in [0.1, 0.15) is 0 Å². The van der Waals surface area contributed by atoms with Crippen LogP contribution in [0.4, 0.5) is 0 Å².